The summed E-state index contributed by atoms with van der Waals surface area (Å²) in [7, 11) is 1.66. The molecule has 0 fully saturated rings. The molecule has 0 aliphatic rings. The van der Waals surface area contributed by atoms with Crippen LogP contribution < -0.4 is 10.5 Å². The van der Waals surface area contributed by atoms with Crippen molar-refractivity contribution in [2.45, 2.75) is 25.3 Å². The number of hydrogen-bond donors (Lipinski definition) is 2. The van der Waals surface area contributed by atoms with Gasteiger partial charge in [-0.2, -0.15) is 5.10 Å². The Labute approximate surface area is 141 Å². The molecule has 0 saturated heterocycles. The van der Waals surface area contributed by atoms with Crippen molar-refractivity contribution in [3.8, 4) is 5.75 Å². The van der Waals surface area contributed by atoms with Crippen molar-refractivity contribution in [1.82, 2.24) is 15.2 Å². The average molecular weight is 322 g/mol. The Kier molecular flexibility index (Phi) is 5.23. The minimum absolute atomic E-state index is 0.161. The molecule has 0 bridgehead atoms. The van der Waals surface area contributed by atoms with Crippen LogP contribution in [0.1, 0.15) is 35.2 Å². The first-order valence-corrected chi connectivity index (χ1v) is 8.08. The zero-order valence-corrected chi connectivity index (χ0v) is 13.8. The zero-order chi connectivity index (χ0) is 16.8. The van der Waals surface area contributed by atoms with Crippen LogP contribution in [0.15, 0.2) is 54.6 Å². The summed E-state index contributed by atoms with van der Waals surface area (Å²) in [6.45, 7) is 0. The third-order valence-electron chi connectivity index (χ3n) is 4.00. The number of benzene rings is 2. The van der Waals surface area contributed by atoms with Crippen molar-refractivity contribution >= 4 is 0 Å². The lowest BCUT2D eigenvalue weighted by Gasteiger charge is -2.07. The molecule has 1 atom stereocenters. The number of aromatic nitrogens is 3. The summed E-state index contributed by atoms with van der Waals surface area (Å²) in [5, 5.41) is 7.26. The number of nitrogens with zero attached hydrogens (tertiary/aromatic N) is 2. The highest BCUT2D eigenvalue weighted by atomic mass is 16.5. The Bertz CT molecular complexity index is 753. The second-order valence-corrected chi connectivity index (χ2v) is 5.80. The molecule has 124 valence electrons. The van der Waals surface area contributed by atoms with Crippen LogP contribution in [0.25, 0.3) is 0 Å². The lowest BCUT2D eigenvalue weighted by molar-refractivity contribution is 0.414. The van der Waals surface area contributed by atoms with Crippen LogP contribution in [0.4, 0.5) is 0 Å². The van der Waals surface area contributed by atoms with Crippen LogP contribution in [0.2, 0.25) is 0 Å². The number of aryl methyl sites for hydroxylation is 1. The lowest BCUT2D eigenvalue weighted by Crippen LogP contribution is -2.13. The van der Waals surface area contributed by atoms with Gasteiger partial charge in [-0.1, -0.05) is 42.5 Å². The van der Waals surface area contributed by atoms with Gasteiger partial charge in [0.2, 0.25) is 0 Å². The predicted molar refractivity (Wildman–Crippen MR) is 93.9 cm³/mol. The molecular formula is C19H22N4O. The number of methoxy groups -OCH3 is 1. The van der Waals surface area contributed by atoms with Crippen LogP contribution in [0.3, 0.4) is 0 Å². The van der Waals surface area contributed by atoms with Crippen molar-refractivity contribution in [2.24, 2.45) is 5.73 Å². The Balaban J connectivity index is 1.57. The summed E-state index contributed by atoms with van der Waals surface area (Å²) >= 11 is 0. The number of nitrogens with one attached hydrogen (secondary N) is 1. The second-order valence-electron chi connectivity index (χ2n) is 5.80. The normalized spacial score (nSPS) is 12.1. The summed E-state index contributed by atoms with van der Waals surface area (Å²) in [6.07, 6.45) is 2.44. The minimum Gasteiger partial charge on any atom is -0.497 e. The molecule has 0 aliphatic carbocycles. The lowest BCUT2D eigenvalue weighted by atomic mass is 10.1. The van der Waals surface area contributed by atoms with Gasteiger partial charge in [0, 0.05) is 6.42 Å². The average Bonchev–Trinajstić information content (AvgIpc) is 3.10. The van der Waals surface area contributed by atoms with Gasteiger partial charge in [0.25, 0.3) is 0 Å². The Hall–Kier alpha value is -2.66. The quantitative estimate of drug-likeness (QED) is 0.701. The van der Waals surface area contributed by atoms with Crippen molar-refractivity contribution in [2.75, 3.05) is 7.11 Å². The molecule has 3 N–H and O–H groups in total. The highest BCUT2D eigenvalue weighted by Gasteiger charge is 2.12. The van der Waals surface area contributed by atoms with Crippen LogP contribution in [0.5, 0.6) is 5.75 Å². The van der Waals surface area contributed by atoms with E-state index in [9.17, 15) is 0 Å². The Morgan fingerprint density at radius 2 is 1.79 bits per heavy atom. The monoisotopic (exact) mass is 322 g/mol. The molecule has 5 heteroatoms. The molecule has 1 aromatic heterocycles. The van der Waals surface area contributed by atoms with Gasteiger partial charge in [-0.15, -0.1) is 0 Å². The molecule has 24 heavy (non-hydrogen) atoms. The van der Waals surface area contributed by atoms with Gasteiger partial charge in [0.1, 0.15) is 11.6 Å². The number of rotatable bonds is 7. The molecule has 0 aliphatic heterocycles. The van der Waals surface area contributed by atoms with Crippen molar-refractivity contribution in [1.29, 1.82) is 0 Å². The zero-order valence-electron chi connectivity index (χ0n) is 13.8. The summed E-state index contributed by atoms with van der Waals surface area (Å²) in [5.41, 5.74) is 8.65. The molecule has 0 radical (unpaired) electrons. The van der Waals surface area contributed by atoms with Crippen molar-refractivity contribution in [3.05, 3.63) is 77.4 Å². The third-order valence-corrected chi connectivity index (χ3v) is 4.00. The van der Waals surface area contributed by atoms with E-state index in [1.807, 2.05) is 42.5 Å². The maximum atomic E-state index is 6.23. The molecule has 3 aromatic rings. The van der Waals surface area contributed by atoms with Gasteiger partial charge in [0.05, 0.1) is 13.2 Å². The first-order chi connectivity index (χ1) is 11.7. The highest BCUT2D eigenvalue weighted by molar-refractivity contribution is 5.28. The number of nitrogens with two attached hydrogens (primary N) is 1. The smallest absolute Gasteiger partial charge is 0.167 e. The maximum absolute atomic E-state index is 6.23. The van der Waals surface area contributed by atoms with E-state index in [2.05, 4.69) is 27.3 Å². The van der Waals surface area contributed by atoms with E-state index >= 15 is 0 Å². The second kappa shape index (κ2) is 7.75. The molecule has 0 saturated carbocycles. The van der Waals surface area contributed by atoms with Gasteiger partial charge in [-0.05, 0) is 36.1 Å². The molecule has 1 heterocycles. The molecule has 5 nitrogen and oxygen atoms in total. The Morgan fingerprint density at radius 3 is 2.50 bits per heavy atom. The van der Waals surface area contributed by atoms with Crippen LogP contribution >= 0.6 is 0 Å². The number of H-pyrrole nitrogens is 1. The predicted octanol–water partition coefficient (Wildman–Crippen LogP) is 3.04. The van der Waals surface area contributed by atoms with Gasteiger partial charge in [0.15, 0.2) is 5.82 Å². The number of hydrogen-bond acceptors (Lipinski definition) is 4. The standard InChI is InChI=1S/C19H22N4O/c1-24-16-10-7-15(8-11-16)13-18-21-19(23-22-18)17(20)12-9-14-5-3-2-4-6-14/h2-8,10-11,17H,9,12-13,20H2,1H3,(H,21,22,23)/t17-/m1/s1. The van der Waals surface area contributed by atoms with Crippen LogP contribution in [-0.2, 0) is 12.8 Å². The van der Waals surface area contributed by atoms with Crippen LogP contribution in [0, 0.1) is 0 Å². The van der Waals surface area contributed by atoms with Gasteiger partial charge >= 0.3 is 0 Å². The Morgan fingerprint density at radius 1 is 1.04 bits per heavy atom. The van der Waals surface area contributed by atoms with E-state index in [0.717, 1.165) is 30.0 Å². The molecule has 2 aromatic carbocycles. The van der Waals surface area contributed by atoms with E-state index in [4.69, 9.17) is 10.5 Å². The van der Waals surface area contributed by atoms with Gasteiger partial charge in [-0.3, -0.25) is 5.10 Å². The maximum Gasteiger partial charge on any atom is 0.167 e. The topological polar surface area (TPSA) is 76.8 Å². The van der Waals surface area contributed by atoms with Crippen LogP contribution in [-0.4, -0.2) is 22.3 Å². The molecule has 0 unspecified atom stereocenters. The van der Waals surface area contributed by atoms with Gasteiger partial charge < -0.3 is 10.5 Å². The molecule has 3 rings (SSSR count). The number of ether oxygens (including phenoxy) is 1. The molecule has 0 amide bonds. The fraction of sp³-hybridized carbons (Fsp3) is 0.263. The van der Waals surface area contributed by atoms with E-state index in [1.165, 1.54) is 5.56 Å². The SMILES string of the molecule is COc1ccc(Cc2nc([C@H](N)CCc3ccccc3)n[nH]2)cc1. The largest absolute Gasteiger partial charge is 0.497 e. The summed E-state index contributed by atoms with van der Waals surface area (Å²) < 4.78 is 5.17. The van der Waals surface area contributed by atoms with E-state index in [1.54, 1.807) is 7.11 Å². The summed E-state index contributed by atoms with van der Waals surface area (Å²) in [6, 6.07) is 18.1. The highest BCUT2D eigenvalue weighted by Crippen LogP contribution is 2.16. The van der Waals surface area contributed by atoms with E-state index in [0.29, 0.717) is 12.2 Å². The fourth-order valence-electron chi connectivity index (χ4n) is 2.59. The van der Waals surface area contributed by atoms with E-state index in [-0.39, 0.29) is 6.04 Å². The van der Waals surface area contributed by atoms with Crippen molar-refractivity contribution in [3.63, 3.8) is 0 Å². The van der Waals surface area contributed by atoms with Crippen molar-refractivity contribution < 1.29 is 4.74 Å². The fourth-order valence-corrected chi connectivity index (χ4v) is 2.59. The summed E-state index contributed by atoms with van der Waals surface area (Å²) in [5.74, 6) is 2.35. The van der Waals surface area contributed by atoms with E-state index < -0.39 is 0 Å². The summed E-state index contributed by atoms with van der Waals surface area (Å²) in [4.78, 5) is 4.54. The third kappa shape index (κ3) is 4.20. The minimum atomic E-state index is -0.161. The first kappa shape index (κ1) is 16.2. The van der Waals surface area contributed by atoms with Gasteiger partial charge in [-0.25, -0.2) is 4.98 Å². The number of aromatic amines is 1. The molecular weight excluding hydrogens is 300 g/mol. The first-order valence-electron chi connectivity index (χ1n) is 8.08. The molecule has 0 spiro atoms.